The fraction of sp³-hybridized carbons (Fsp3) is 0.500. The Bertz CT molecular complexity index is 498. The molecule has 3 N–H and O–H groups in total. The summed E-state index contributed by atoms with van der Waals surface area (Å²) in [6.45, 7) is 2.16. The summed E-state index contributed by atoms with van der Waals surface area (Å²) >= 11 is 6.20. The second-order valence-corrected chi connectivity index (χ2v) is 5.67. The predicted octanol–water partition coefficient (Wildman–Crippen LogP) is 1.96. The number of rotatable bonds is 3. The van der Waals surface area contributed by atoms with Gasteiger partial charge in [-0.2, -0.15) is 0 Å². The quantitative estimate of drug-likeness (QED) is 0.387. The van der Waals surface area contributed by atoms with E-state index in [9.17, 15) is 0 Å². The number of halogens is 1. The van der Waals surface area contributed by atoms with Crippen molar-refractivity contribution in [2.24, 2.45) is 10.9 Å². The molecule has 1 heterocycles. The fourth-order valence-electron chi connectivity index (χ4n) is 2.69. The lowest BCUT2D eigenvalue weighted by atomic mass is 10.0. The molecule has 2 rings (SSSR count). The van der Waals surface area contributed by atoms with Crippen molar-refractivity contribution in [1.82, 2.24) is 4.90 Å². The minimum absolute atomic E-state index is 0.0466. The first-order valence-electron chi connectivity index (χ1n) is 6.72. The summed E-state index contributed by atoms with van der Waals surface area (Å²) in [5, 5.41) is 12.5. The summed E-state index contributed by atoms with van der Waals surface area (Å²) in [6.07, 6.45) is 2.18. The maximum Gasteiger partial charge on any atom is 0.173 e. The van der Waals surface area contributed by atoms with Gasteiger partial charge in [0, 0.05) is 18.8 Å². The van der Waals surface area contributed by atoms with Gasteiger partial charge in [-0.15, -0.1) is 0 Å². The zero-order valence-corrected chi connectivity index (χ0v) is 12.6. The maximum atomic E-state index is 8.94. The largest absolute Gasteiger partial charge is 0.409 e. The number of likely N-dealkylation sites (tertiary alicyclic amines) is 1. The zero-order chi connectivity index (χ0) is 14.7. The van der Waals surface area contributed by atoms with Crippen LogP contribution in [0, 0.1) is 0 Å². The molecule has 0 unspecified atom stereocenters. The van der Waals surface area contributed by atoms with Crippen LogP contribution in [0.15, 0.2) is 23.4 Å². The van der Waals surface area contributed by atoms with E-state index in [1.807, 2.05) is 19.2 Å². The van der Waals surface area contributed by atoms with Gasteiger partial charge in [0.05, 0.1) is 10.6 Å². The van der Waals surface area contributed by atoms with Gasteiger partial charge in [-0.1, -0.05) is 22.8 Å². The van der Waals surface area contributed by atoms with Crippen molar-refractivity contribution in [2.45, 2.75) is 18.9 Å². The van der Waals surface area contributed by atoms with Gasteiger partial charge in [-0.3, -0.25) is 0 Å². The first kappa shape index (κ1) is 14.9. The van der Waals surface area contributed by atoms with Crippen LogP contribution in [-0.2, 0) is 0 Å². The van der Waals surface area contributed by atoms with E-state index in [-0.39, 0.29) is 5.84 Å². The number of benzene rings is 1. The zero-order valence-electron chi connectivity index (χ0n) is 11.9. The van der Waals surface area contributed by atoms with E-state index in [1.165, 1.54) is 0 Å². The Labute approximate surface area is 124 Å². The van der Waals surface area contributed by atoms with E-state index in [1.54, 1.807) is 6.07 Å². The van der Waals surface area contributed by atoms with Crippen LogP contribution in [-0.4, -0.2) is 49.2 Å². The highest BCUT2D eigenvalue weighted by Gasteiger charge is 2.24. The molecule has 0 radical (unpaired) electrons. The molecule has 0 amide bonds. The Morgan fingerprint density at radius 1 is 1.45 bits per heavy atom. The second kappa shape index (κ2) is 6.33. The number of hydrogen-bond acceptors (Lipinski definition) is 4. The van der Waals surface area contributed by atoms with Crippen molar-refractivity contribution in [3.8, 4) is 0 Å². The van der Waals surface area contributed by atoms with Crippen molar-refractivity contribution in [3.05, 3.63) is 28.8 Å². The molecule has 1 saturated heterocycles. The second-order valence-electron chi connectivity index (χ2n) is 5.26. The first-order chi connectivity index (χ1) is 9.54. The summed E-state index contributed by atoms with van der Waals surface area (Å²) < 4.78 is 0. The van der Waals surface area contributed by atoms with Gasteiger partial charge in [0.15, 0.2) is 5.84 Å². The molecular weight excluding hydrogens is 276 g/mol. The van der Waals surface area contributed by atoms with Crippen LogP contribution in [0.25, 0.3) is 0 Å². The number of hydrogen-bond donors (Lipinski definition) is 2. The van der Waals surface area contributed by atoms with Gasteiger partial charge in [0.1, 0.15) is 0 Å². The summed E-state index contributed by atoms with van der Waals surface area (Å²) in [5.41, 5.74) is 7.27. The lowest BCUT2D eigenvalue weighted by molar-refractivity contribution is 0.253. The van der Waals surface area contributed by atoms with Gasteiger partial charge in [0.2, 0.25) is 0 Å². The van der Waals surface area contributed by atoms with Gasteiger partial charge in [-0.25, -0.2) is 0 Å². The third-order valence-electron chi connectivity index (χ3n) is 3.97. The third-order valence-corrected chi connectivity index (χ3v) is 4.29. The van der Waals surface area contributed by atoms with Crippen LogP contribution in [0.1, 0.15) is 18.4 Å². The average Bonchev–Trinajstić information content (AvgIpc) is 2.46. The number of piperidine rings is 1. The van der Waals surface area contributed by atoms with Crippen LogP contribution in [0.5, 0.6) is 0 Å². The van der Waals surface area contributed by atoms with E-state index in [4.69, 9.17) is 22.5 Å². The molecule has 1 aliphatic heterocycles. The molecule has 0 bridgehead atoms. The van der Waals surface area contributed by atoms with E-state index in [2.05, 4.69) is 22.0 Å². The minimum atomic E-state index is 0.0466. The molecule has 0 atom stereocenters. The Kier molecular flexibility index (Phi) is 4.73. The summed E-state index contributed by atoms with van der Waals surface area (Å²) in [6, 6.07) is 6.03. The molecule has 6 heteroatoms. The van der Waals surface area contributed by atoms with Crippen molar-refractivity contribution in [3.63, 3.8) is 0 Å². The number of nitrogens with zero attached hydrogens (tertiary/aromatic N) is 3. The van der Waals surface area contributed by atoms with Crippen LogP contribution >= 0.6 is 11.6 Å². The third kappa shape index (κ3) is 2.99. The van der Waals surface area contributed by atoms with Gasteiger partial charge < -0.3 is 20.7 Å². The van der Waals surface area contributed by atoms with Gasteiger partial charge >= 0.3 is 0 Å². The summed E-state index contributed by atoms with van der Waals surface area (Å²) in [7, 11) is 4.17. The molecule has 5 nitrogen and oxygen atoms in total. The Morgan fingerprint density at radius 3 is 2.70 bits per heavy atom. The summed E-state index contributed by atoms with van der Waals surface area (Å²) in [5.74, 6) is 0.0466. The summed E-state index contributed by atoms with van der Waals surface area (Å²) in [4.78, 5) is 4.51. The van der Waals surface area contributed by atoms with Crippen molar-refractivity contribution in [1.29, 1.82) is 0 Å². The van der Waals surface area contributed by atoms with E-state index >= 15 is 0 Å². The molecule has 1 aliphatic rings. The van der Waals surface area contributed by atoms with Gasteiger partial charge in [0.25, 0.3) is 0 Å². The molecule has 20 heavy (non-hydrogen) atoms. The fourth-order valence-corrected chi connectivity index (χ4v) is 2.96. The SMILES string of the molecule is CN1CCC(N(C)c2cccc(Cl)c2C(N)=NO)CC1. The predicted molar refractivity (Wildman–Crippen MR) is 82.9 cm³/mol. The molecule has 1 fully saturated rings. The van der Waals surface area contributed by atoms with Crippen molar-refractivity contribution in [2.75, 3.05) is 32.1 Å². The van der Waals surface area contributed by atoms with Gasteiger partial charge in [-0.05, 0) is 45.1 Å². The number of amidine groups is 1. The molecule has 0 aromatic heterocycles. The first-order valence-corrected chi connectivity index (χ1v) is 7.10. The van der Waals surface area contributed by atoms with Crippen LogP contribution < -0.4 is 10.6 Å². The highest BCUT2D eigenvalue weighted by atomic mass is 35.5. The highest BCUT2D eigenvalue weighted by Crippen LogP contribution is 2.30. The molecule has 1 aromatic carbocycles. The van der Waals surface area contributed by atoms with Crippen LogP contribution in [0.2, 0.25) is 5.02 Å². The van der Waals surface area contributed by atoms with E-state index in [0.717, 1.165) is 31.6 Å². The maximum absolute atomic E-state index is 8.94. The molecule has 0 spiro atoms. The molecule has 110 valence electrons. The monoisotopic (exact) mass is 296 g/mol. The topological polar surface area (TPSA) is 65.1 Å². The van der Waals surface area contributed by atoms with Crippen LogP contribution in [0.4, 0.5) is 5.69 Å². The smallest absolute Gasteiger partial charge is 0.173 e. The lowest BCUT2D eigenvalue weighted by Gasteiger charge is -2.37. The normalized spacial score (nSPS) is 18.2. The number of anilines is 1. The number of oxime groups is 1. The van der Waals surface area contributed by atoms with Crippen molar-refractivity contribution < 1.29 is 5.21 Å². The number of nitrogens with two attached hydrogens (primary N) is 1. The minimum Gasteiger partial charge on any atom is -0.409 e. The molecule has 0 aliphatic carbocycles. The Morgan fingerprint density at radius 2 is 2.10 bits per heavy atom. The Hall–Kier alpha value is -1.46. The standard InChI is InChI=1S/C14H21ClN4O/c1-18-8-6-10(7-9-18)19(2)12-5-3-4-11(15)13(12)14(16)17-20/h3-5,10,20H,6-9H2,1-2H3,(H2,16,17). The molecule has 1 aromatic rings. The van der Waals surface area contributed by atoms with E-state index < -0.39 is 0 Å². The molecule has 0 saturated carbocycles. The Balaban J connectivity index is 2.30. The van der Waals surface area contributed by atoms with Crippen LogP contribution in [0.3, 0.4) is 0 Å². The highest BCUT2D eigenvalue weighted by molar-refractivity contribution is 6.34. The molecular formula is C14H21ClN4O. The van der Waals surface area contributed by atoms with E-state index in [0.29, 0.717) is 16.6 Å². The van der Waals surface area contributed by atoms with Crippen molar-refractivity contribution >= 4 is 23.1 Å². The lowest BCUT2D eigenvalue weighted by Crippen LogP contribution is -2.42. The average molecular weight is 297 g/mol.